The van der Waals surface area contributed by atoms with Crippen molar-refractivity contribution < 1.29 is 17.1 Å². The van der Waals surface area contributed by atoms with Crippen molar-refractivity contribution in [3.8, 4) is 0 Å². The first-order chi connectivity index (χ1) is 7.51. The molecule has 2 N–H and O–H groups in total. The van der Waals surface area contributed by atoms with Crippen LogP contribution in [0.3, 0.4) is 0 Å². The van der Waals surface area contributed by atoms with Crippen LogP contribution in [0, 0.1) is 0 Å². The summed E-state index contributed by atoms with van der Waals surface area (Å²) in [5.41, 5.74) is 6.56. The van der Waals surface area contributed by atoms with Gasteiger partial charge in [-0.3, -0.25) is 20.8 Å². The summed E-state index contributed by atoms with van der Waals surface area (Å²) in [5, 5.41) is 8.61. The van der Waals surface area contributed by atoms with E-state index in [1.54, 1.807) is 27.9 Å². The fourth-order valence-corrected chi connectivity index (χ4v) is 0.616. The minimum absolute atomic E-state index is 0. The molecule has 0 aliphatic carbocycles. The van der Waals surface area contributed by atoms with E-state index in [1.807, 2.05) is 0 Å². The molecule has 0 fully saturated rings. The molecule has 99 valence electrons. The first-order valence-electron chi connectivity index (χ1n) is 4.39. The van der Waals surface area contributed by atoms with E-state index >= 15 is 0 Å². The minimum Gasteiger partial charge on any atom is -0.741 e. The second-order valence-electron chi connectivity index (χ2n) is 2.68. The van der Waals surface area contributed by atoms with Crippen LogP contribution in [0.25, 0.3) is 0 Å². The molecule has 0 aromatic heterocycles. The first-order valence-corrected chi connectivity index (χ1v) is 5.21. The van der Waals surface area contributed by atoms with E-state index in [9.17, 15) is 0 Å². The van der Waals surface area contributed by atoms with Crippen molar-refractivity contribution in [2.75, 3.05) is 14.1 Å². The molecule has 0 amide bonds. The van der Waals surface area contributed by atoms with Crippen LogP contribution in [0.15, 0.2) is 20.2 Å². The fourth-order valence-electron chi connectivity index (χ4n) is 0.525. The molecule has 0 aromatic rings. The summed E-state index contributed by atoms with van der Waals surface area (Å²) in [6, 6.07) is 0. The van der Waals surface area contributed by atoms with E-state index in [0.717, 1.165) is 0 Å². The Morgan fingerprint density at radius 1 is 0.824 bits per heavy atom. The summed E-state index contributed by atoms with van der Waals surface area (Å²) < 4.78 is 0. The molecule has 6 nitrogen and oxygen atoms in total. The fraction of sp³-hybridized carbons (Fsp3) is 0.500. The van der Waals surface area contributed by atoms with E-state index in [-0.39, 0.29) is 17.1 Å². The van der Waals surface area contributed by atoms with Gasteiger partial charge in [0.15, 0.2) is 0 Å². The van der Waals surface area contributed by atoms with Gasteiger partial charge in [0.1, 0.15) is 0 Å². The number of nitrogens with zero attached hydrogens (tertiary/aromatic N) is 4. The Kier molecular flexibility index (Phi) is 11.4. The third-order valence-corrected chi connectivity index (χ3v) is 2.12. The van der Waals surface area contributed by atoms with Crippen molar-refractivity contribution in [2.45, 2.75) is 13.8 Å². The SMILES string of the molecule is CN=C([S-])N/N=C(C)/C(C)=N/NC([S-])=NC.[64Cu+2]. The van der Waals surface area contributed by atoms with Crippen LogP contribution < -0.4 is 10.9 Å². The zero-order valence-electron chi connectivity index (χ0n) is 9.91. The van der Waals surface area contributed by atoms with Gasteiger partial charge < -0.3 is 25.3 Å². The van der Waals surface area contributed by atoms with Crippen LogP contribution in [-0.4, -0.2) is 35.9 Å². The number of hydrogen-bond acceptors (Lipinski definition) is 6. The molecular weight excluding hydrogens is 308 g/mol. The van der Waals surface area contributed by atoms with Gasteiger partial charge in [-0.25, -0.2) is 0 Å². The quantitative estimate of drug-likeness (QED) is 0.252. The van der Waals surface area contributed by atoms with Crippen LogP contribution in [0.5, 0.6) is 0 Å². The maximum Gasteiger partial charge on any atom is 2.00 e. The Bertz CT molecular complexity index is 316. The Labute approximate surface area is 123 Å². The molecule has 0 aromatic carbocycles. The minimum atomic E-state index is 0. The van der Waals surface area contributed by atoms with E-state index in [2.05, 4.69) is 31.0 Å². The molecular formula is C8H14CuN6S2. The van der Waals surface area contributed by atoms with Crippen molar-refractivity contribution >= 4 is 47.0 Å². The summed E-state index contributed by atoms with van der Waals surface area (Å²) in [6.45, 7) is 3.58. The smallest absolute Gasteiger partial charge is 0.741 e. The van der Waals surface area contributed by atoms with Gasteiger partial charge in [-0.1, -0.05) is 0 Å². The number of rotatable bonds is 3. The molecule has 0 saturated heterocycles. The van der Waals surface area contributed by atoms with Crippen molar-refractivity contribution in [2.24, 2.45) is 20.2 Å². The third kappa shape index (κ3) is 8.99. The summed E-state index contributed by atoms with van der Waals surface area (Å²) in [5.74, 6) is 0. The van der Waals surface area contributed by atoms with Crippen molar-refractivity contribution in [1.29, 1.82) is 0 Å². The van der Waals surface area contributed by atoms with Crippen LogP contribution in [0.4, 0.5) is 0 Å². The van der Waals surface area contributed by atoms with Gasteiger partial charge >= 0.3 is 17.1 Å². The third-order valence-electron chi connectivity index (χ3n) is 1.57. The largest absolute Gasteiger partial charge is 2.00 e. The number of aliphatic imine (C=N–C) groups is 2. The summed E-state index contributed by atoms with van der Waals surface area (Å²) >= 11 is 9.62. The molecule has 0 atom stereocenters. The second-order valence-corrected chi connectivity index (χ2v) is 3.45. The van der Waals surface area contributed by atoms with Gasteiger partial charge in [0.2, 0.25) is 0 Å². The standard InChI is InChI=1S/C8H16N6S2.Cu/c1-5(11-13-7(15)9-3)6(2)12-14-8(16)10-4;/h1-4H3,(H2,9,13,15)(H2,10,14,16);/q;+2/p-2/b11-5+,12-6+;/i;1+0. The monoisotopic (exact) mass is 322 g/mol. The van der Waals surface area contributed by atoms with Crippen molar-refractivity contribution in [3.63, 3.8) is 0 Å². The van der Waals surface area contributed by atoms with Crippen LogP contribution in [0.2, 0.25) is 0 Å². The zero-order chi connectivity index (χ0) is 12.6. The average Bonchev–Trinajstić information content (AvgIpc) is 2.31. The zero-order valence-corrected chi connectivity index (χ0v) is 12.5. The maximum atomic E-state index is 4.81. The van der Waals surface area contributed by atoms with E-state index < -0.39 is 0 Å². The topological polar surface area (TPSA) is 73.5 Å². The van der Waals surface area contributed by atoms with Gasteiger partial charge in [0.05, 0.1) is 11.4 Å². The molecule has 0 unspecified atom stereocenters. The van der Waals surface area contributed by atoms with E-state index in [1.165, 1.54) is 0 Å². The molecule has 0 rings (SSSR count). The molecule has 0 aliphatic heterocycles. The van der Waals surface area contributed by atoms with Crippen LogP contribution in [-0.2, 0) is 42.3 Å². The maximum absolute atomic E-state index is 4.81. The van der Waals surface area contributed by atoms with Crippen LogP contribution in [0.1, 0.15) is 13.8 Å². The number of amidine groups is 2. The number of nitrogens with one attached hydrogen (secondary N) is 2. The summed E-state index contributed by atoms with van der Waals surface area (Å²) in [7, 11) is 3.17. The van der Waals surface area contributed by atoms with Gasteiger partial charge in [-0.05, 0) is 24.2 Å². The summed E-state index contributed by atoms with van der Waals surface area (Å²) in [6.07, 6.45) is 0. The van der Waals surface area contributed by atoms with Gasteiger partial charge in [-0.15, -0.1) is 0 Å². The van der Waals surface area contributed by atoms with Gasteiger partial charge in [0, 0.05) is 14.1 Å². The Balaban J connectivity index is 0. The van der Waals surface area contributed by atoms with Crippen LogP contribution >= 0.6 is 0 Å². The molecule has 0 bridgehead atoms. The molecule has 17 heavy (non-hydrogen) atoms. The number of hydrogen-bond donors (Lipinski definition) is 2. The Morgan fingerprint density at radius 2 is 1.12 bits per heavy atom. The molecule has 1 radical (unpaired) electrons. The molecule has 0 aliphatic rings. The van der Waals surface area contributed by atoms with E-state index in [0.29, 0.717) is 21.8 Å². The molecule has 9 heteroatoms. The van der Waals surface area contributed by atoms with Gasteiger partial charge in [0.25, 0.3) is 0 Å². The molecule has 0 spiro atoms. The number of hydrazone groups is 2. The summed E-state index contributed by atoms with van der Waals surface area (Å²) in [4.78, 5) is 7.46. The van der Waals surface area contributed by atoms with Gasteiger partial charge in [-0.2, -0.15) is 10.2 Å². The van der Waals surface area contributed by atoms with Crippen molar-refractivity contribution in [1.82, 2.24) is 10.9 Å². The average molecular weight is 322 g/mol. The first kappa shape index (κ1) is 18.6. The molecule has 0 heterocycles. The molecule has 0 saturated carbocycles. The van der Waals surface area contributed by atoms with E-state index in [4.69, 9.17) is 25.3 Å². The predicted octanol–water partition coefficient (Wildman–Crippen LogP) is -0.0197. The normalized spacial score (nSPS) is 14.1. The predicted molar refractivity (Wildman–Crippen MR) is 73.9 cm³/mol. The Morgan fingerprint density at radius 3 is 1.35 bits per heavy atom. The van der Waals surface area contributed by atoms with Crippen molar-refractivity contribution in [3.05, 3.63) is 0 Å². The Hall–Kier alpha value is -0.761. The second kappa shape index (κ2) is 10.4.